The molecule has 2 atom stereocenters. The van der Waals surface area contributed by atoms with Gasteiger partial charge in [0.25, 0.3) is 0 Å². The first-order chi connectivity index (χ1) is 12.2. The molecule has 130 valence electrons. The number of hydrogen-bond acceptors (Lipinski definition) is 4. The number of ether oxygens (including phenoxy) is 1. The highest BCUT2D eigenvalue weighted by atomic mass is 16.5. The lowest BCUT2D eigenvalue weighted by Gasteiger charge is -2.28. The van der Waals surface area contributed by atoms with Gasteiger partial charge < -0.3 is 10.1 Å². The van der Waals surface area contributed by atoms with Crippen molar-refractivity contribution in [2.75, 3.05) is 13.1 Å². The summed E-state index contributed by atoms with van der Waals surface area (Å²) in [5, 5.41) is 8.15. The Kier molecular flexibility index (Phi) is 4.40. The molecule has 5 nitrogen and oxygen atoms in total. The Balaban J connectivity index is 1.63. The van der Waals surface area contributed by atoms with Gasteiger partial charge in [-0.25, -0.2) is 9.50 Å². The lowest BCUT2D eigenvalue weighted by molar-refractivity contribution is 0.124. The molecule has 1 aliphatic rings. The van der Waals surface area contributed by atoms with Gasteiger partial charge in [0.15, 0.2) is 5.65 Å². The van der Waals surface area contributed by atoms with Crippen molar-refractivity contribution in [3.8, 4) is 17.1 Å². The highest BCUT2D eigenvalue weighted by molar-refractivity contribution is 5.66. The van der Waals surface area contributed by atoms with Crippen LogP contribution in [0.5, 0.6) is 5.88 Å². The number of imidazole rings is 1. The molecule has 5 heteroatoms. The average Bonchev–Trinajstić information content (AvgIpc) is 3.06. The summed E-state index contributed by atoms with van der Waals surface area (Å²) in [4.78, 5) is 4.48. The van der Waals surface area contributed by atoms with Gasteiger partial charge in [-0.15, -0.1) is 5.10 Å². The molecule has 0 radical (unpaired) electrons. The van der Waals surface area contributed by atoms with Gasteiger partial charge in [0, 0.05) is 24.1 Å². The van der Waals surface area contributed by atoms with Gasteiger partial charge in [-0.3, -0.25) is 0 Å². The van der Waals surface area contributed by atoms with Crippen molar-refractivity contribution < 1.29 is 4.74 Å². The van der Waals surface area contributed by atoms with Crippen molar-refractivity contribution in [2.24, 2.45) is 5.92 Å². The third-order valence-corrected chi connectivity index (χ3v) is 5.06. The van der Waals surface area contributed by atoms with E-state index < -0.39 is 0 Å². The molecule has 1 N–H and O–H groups in total. The summed E-state index contributed by atoms with van der Waals surface area (Å²) in [6.45, 7) is 6.37. The van der Waals surface area contributed by atoms with Crippen molar-refractivity contribution in [3.63, 3.8) is 0 Å². The van der Waals surface area contributed by atoms with Crippen LogP contribution in [0, 0.1) is 12.8 Å². The molecule has 1 saturated heterocycles. The fourth-order valence-corrected chi connectivity index (χ4v) is 3.53. The highest BCUT2D eigenvalue weighted by Crippen LogP contribution is 2.25. The summed E-state index contributed by atoms with van der Waals surface area (Å²) in [6.07, 6.45) is 4.44. The van der Waals surface area contributed by atoms with E-state index in [1.165, 1.54) is 18.4 Å². The molecular formula is C20H24N4O. The van der Waals surface area contributed by atoms with Crippen LogP contribution in [0.1, 0.15) is 25.3 Å². The first-order valence-corrected chi connectivity index (χ1v) is 9.00. The fraction of sp³-hybridized carbons (Fsp3) is 0.400. The molecule has 1 aliphatic heterocycles. The molecule has 2 unspecified atom stereocenters. The standard InChI is InChI=1S/C20H24N4O/c1-14-6-3-4-8-17(14)18-13-22-19-9-10-20(23-24(18)19)25-15(2)16-7-5-11-21-12-16/h3-4,6,8-10,13,15-16,21H,5,7,11-12H2,1-2H3. The quantitative estimate of drug-likeness (QED) is 0.792. The third-order valence-electron chi connectivity index (χ3n) is 5.06. The van der Waals surface area contributed by atoms with Crippen LogP contribution in [-0.4, -0.2) is 33.8 Å². The lowest BCUT2D eigenvalue weighted by atomic mass is 9.95. The van der Waals surface area contributed by atoms with Crippen LogP contribution in [0.25, 0.3) is 16.9 Å². The second-order valence-corrected chi connectivity index (χ2v) is 6.83. The van der Waals surface area contributed by atoms with Gasteiger partial charge in [0.05, 0.1) is 11.9 Å². The first kappa shape index (κ1) is 16.1. The molecule has 0 amide bonds. The van der Waals surface area contributed by atoms with Gasteiger partial charge in [-0.05, 0) is 44.9 Å². The minimum Gasteiger partial charge on any atom is -0.473 e. The Morgan fingerprint density at radius 3 is 2.92 bits per heavy atom. The highest BCUT2D eigenvalue weighted by Gasteiger charge is 2.22. The first-order valence-electron chi connectivity index (χ1n) is 9.00. The third kappa shape index (κ3) is 3.24. The summed E-state index contributed by atoms with van der Waals surface area (Å²) < 4.78 is 8.03. The second-order valence-electron chi connectivity index (χ2n) is 6.83. The maximum atomic E-state index is 6.15. The smallest absolute Gasteiger partial charge is 0.232 e. The fourth-order valence-electron chi connectivity index (χ4n) is 3.53. The Morgan fingerprint density at radius 1 is 1.24 bits per heavy atom. The Morgan fingerprint density at radius 2 is 2.12 bits per heavy atom. The van der Waals surface area contributed by atoms with E-state index in [1.54, 1.807) is 0 Å². The molecule has 25 heavy (non-hydrogen) atoms. The lowest BCUT2D eigenvalue weighted by Crippen LogP contribution is -2.38. The number of hydrogen-bond donors (Lipinski definition) is 1. The predicted octanol–water partition coefficient (Wildman–Crippen LogP) is 3.47. The molecule has 1 aromatic carbocycles. The monoisotopic (exact) mass is 336 g/mol. The summed E-state index contributed by atoms with van der Waals surface area (Å²) in [6, 6.07) is 12.2. The molecule has 0 bridgehead atoms. The number of nitrogens with one attached hydrogen (secondary N) is 1. The number of nitrogens with zero attached hydrogens (tertiary/aromatic N) is 3. The van der Waals surface area contributed by atoms with Crippen LogP contribution in [0.2, 0.25) is 0 Å². The zero-order valence-corrected chi connectivity index (χ0v) is 14.8. The second kappa shape index (κ2) is 6.84. The van der Waals surface area contributed by atoms with Crippen LogP contribution in [0.15, 0.2) is 42.6 Å². The van der Waals surface area contributed by atoms with Crippen LogP contribution < -0.4 is 10.1 Å². The van der Waals surface area contributed by atoms with Crippen molar-refractivity contribution in [2.45, 2.75) is 32.8 Å². The number of piperidine rings is 1. The number of aromatic nitrogens is 3. The SMILES string of the molecule is Cc1ccccc1-c1cnc2ccc(OC(C)C3CCCNC3)nn12. The molecular weight excluding hydrogens is 312 g/mol. The van der Waals surface area contributed by atoms with E-state index in [0.29, 0.717) is 11.8 Å². The topological polar surface area (TPSA) is 51.5 Å². The van der Waals surface area contributed by atoms with Crippen LogP contribution in [-0.2, 0) is 0 Å². The van der Waals surface area contributed by atoms with E-state index >= 15 is 0 Å². The number of rotatable bonds is 4. The summed E-state index contributed by atoms with van der Waals surface area (Å²) in [7, 11) is 0. The van der Waals surface area contributed by atoms with Crippen LogP contribution in [0.4, 0.5) is 0 Å². The molecule has 0 saturated carbocycles. The molecule has 3 aromatic rings. The Labute approximate surface area is 148 Å². The van der Waals surface area contributed by atoms with E-state index in [1.807, 2.05) is 35.0 Å². The van der Waals surface area contributed by atoms with Gasteiger partial charge in [0.2, 0.25) is 5.88 Å². The van der Waals surface area contributed by atoms with Gasteiger partial charge in [0.1, 0.15) is 6.10 Å². The Hall–Kier alpha value is -2.40. The van der Waals surface area contributed by atoms with Gasteiger partial charge in [-0.2, -0.15) is 0 Å². The maximum absolute atomic E-state index is 6.15. The van der Waals surface area contributed by atoms with E-state index in [-0.39, 0.29) is 6.10 Å². The molecule has 3 heterocycles. The summed E-state index contributed by atoms with van der Waals surface area (Å²) in [5.41, 5.74) is 4.17. The van der Waals surface area contributed by atoms with E-state index in [4.69, 9.17) is 9.84 Å². The zero-order valence-electron chi connectivity index (χ0n) is 14.8. The van der Waals surface area contributed by atoms with Gasteiger partial charge >= 0.3 is 0 Å². The van der Waals surface area contributed by atoms with E-state index in [0.717, 1.165) is 30.0 Å². The number of fused-ring (bicyclic) bond motifs is 1. The number of benzene rings is 1. The minimum absolute atomic E-state index is 0.142. The predicted molar refractivity (Wildman–Crippen MR) is 98.8 cm³/mol. The minimum atomic E-state index is 0.142. The van der Waals surface area contributed by atoms with Crippen molar-refractivity contribution in [1.29, 1.82) is 0 Å². The van der Waals surface area contributed by atoms with Gasteiger partial charge in [-0.1, -0.05) is 24.3 Å². The van der Waals surface area contributed by atoms with Crippen molar-refractivity contribution in [1.82, 2.24) is 19.9 Å². The maximum Gasteiger partial charge on any atom is 0.232 e. The van der Waals surface area contributed by atoms with Crippen LogP contribution >= 0.6 is 0 Å². The van der Waals surface area contributed by atoms with Crippen molar-refractivity contribution >= 4 is 5.65 Å². The van der Waals surface area contributed by atoms with Crippen molar-refractivity contribution in [3.05, 3.63) is 48.2 Å². The normalized spacial score (nSPS) is 19.0. The number of aryl methyl sites for hydroxylation is 1. The molecule has 0 spiro atoms. The zero-order chi connectivity index (χ0) is 17.2. The van der Waals surface area contributed by atoms with E-state index in [2.05, 4.69) is 36.3 Å². The van der Waals surface area contributed by atoms with E-state index in [9.17, 15) is 0 Å². The molecule has 0 aliphatic carbocycles. The summed E-state index contributed by atoms with van der Waals surface area (Å²) in [5.74, 6) is 1.18. The molecule has 2 aromatic heterocycles. The molecule has 1 fully saturated rings. The van der Waals surface area contributed by atoms with Crippen LogP contribution in [0.3, 0.4) is 0 Å². The largest absolute Gasteiger partial charge is 0.473 e. The molecule has 4 rings (SSSR count). The average molecular weight is 336 g/mol. The Bertz CT molecular complexity index is 867. The summed E-state index contributed by atoms with van der Waals surface area (Å²) >= 11 is 0.